The number of pyridine rings is 1. The summed E-state index contributed by atoms with van der Waals surface area (Å²) in [6.07, 6.45) is 2.66. The van der Waals surface area contributed by atoms with Crippen molar-refractivity contribution in [3.63, 3.8) is 0 Å². The number of nitrogens with zero attached hydrogens (tertiary/aromatic N) is 5. The molecular weight excluding hydrogens is 302 g/mol. The Labute approximate surface area is 142 Å². The molecule has 1 saturated carbocycles. The van der Waals surface area contributed by atoms with Gasteiger partial charge in [-0.2, -0.15) is 0 Å². The molecule has 6 heteroatoms. The normalized spacial score (nSPS) is 21.0. The van der Waals surface area contributed by atoms with Crippen LogP contribution >= 0.6 is 0 Å². The van der Waals surface area contributed by atoms with Gasteiger partial charge in [0.1, 0.15) is 5.69 Å². The molecule has 3 heterocycles. The molecule has 24 heavy (non-hydrogen) atoms. The van der Waals surface area contributed by atoms with E-state index in [0.717, 1.165) is 49.2 Å². The largest absolute Gasteiger partial charge is 0.384 e. The summed E-state index contributed by atoms with van der Waals surface area (Å²) in [5, 5.41) is 8.91. The zero-order valence-electron chi connectivity index (χ0n) is 14.5. The molecule has 2 aromatic rings. The lowest BCUT2D eigenvalue weighted by Gasteiger charge is -2.32. The Morgan fingerprint density at radius 1 is 1.29 bits per heavy atom. The summed E-state index contributed by atoms with van der Waals surface area (Å²) >= 11 is 0. The minimum atomic E-state index is 0.331. The van der Waals surface area contributed by atoms with E-state index in [2.05, 4.69) is 37.0 Å². The first-order valence-electron chi connectivity index (χ1n) is 8.79. The van der Waals surface area contributed by atoms with Crippen LogP contribution in [0.3, 0.4) is 0 Å². The van der Waals surface area contributed by atoms with Crippen LogP contribution in [0.2, 0.25) is 0 Å². The van der Waals surface area contributed by atoms with Crippen molar-refractivity contribution in [2.24, 2.45) is 5.92 Å². The van der Waals surface area contributed by atoms with Crippen LogP contribution in [0.25, 0.3) is 0 Å². The highest BCUT2D eigenvalue weighted by Gasteiger charge is 2.33. The number of hydrogen-bond donors (Lipinski definition) is 0. The summed E-state index contributed by atoms with van der Waals surface area (Å²) < 4.78 is 7.63. The van der Waals surface area contributed by atoms with E-state index in [9.17, 15) is 0 Å². The molecule has 0 aromatic carbocycles. The first-order valence-corrected chi connectivity index (χ1v) is 8.79. The van der Waals surface area contributed by atoms with Crippen molar-refractivity contribution in [3.05, 3.63) is 41.0 Å². The maximum atomic E-state index is 5.49. The van der Waals surface area contributed by atoms with Crippen LogP contribution in [-0.2, 0) is 24.4 Å². The SMILES string of the molecule is COCC1CN(Cc2cccc(C)n2)Cc2nnn(CC3CC3)c21. The van der Waals surface area contributed by atoms with Crippen molar-refractivity contribution in [1.29, 1.82) is 0 Å². The molecule has 0 N–H and O–H groups in total. The lowest BCUT2D eigenvalue weighted by Crippen LogP contribution is -2.36. The van der Waals surface area contributed by atoms with Gasteiger partial charge in [0, 0.05) is 44.9 Å². The number of aryl methyl sites for hydroxylation is 1. The van der Waals surface area contributed by atoms with Crippen LogP contribution in [0, 0.1) is 12.8 Å². The van der Waals surface area contributed by atoms with Gasteiger partial charge in [-0.15, -0.1) is 5.10 Å². The Morgan fingerprint density at radius 2 is 2.17 bits per heavy atom. The van der Waals surface area contributed by atoms with E-state index in [-0.39, 0.29) is 0 Å². The van der Waals surface area contributed by atoms with Gasteiger partial charge in [-0.25, -0.2) is 4.68 Å². The zero-order valence-corrected chi connectivity index (χ0v) is 14.5. The van der Waals surface area contributed by atoms with Gasteiger partial charge in [-0.3, -0.25) is 9.88 Å². The van der Waals surface area contributed by atoms with Gasteiger partial charge in [-0.05, 0) is 37.8 Å². The number of aromatic nitrogens is 4. The van der Waals surface area contributed by atoms with Crippen molar-refractivity contribution >= 4 is 0 Å². The van der Waals surface area contributed by atoms with Crippen molar-refractivity contribution < 1.29 is 4.74 Å². The van der Waals surface area contributed by atoms with E-state index in [1.807, 2.05) is 13.0 Å². The fourth-order valence-electron chi connectivity index (χ4n) is 3.64. The molecule has 1 unspecified atom stereocenters. The molecule has 6 nitrogen and oxygen atoms in total. The van der Waals surface area contributed by atoms with E-state index >= 15 is 0 Å². The van der Waals surface area contributed by atoms with E-state index in [1.165, 1.54) is 18.5 Å². The lowest BCUT2D eigenvalue weighted by molar-refractivity contribution is 0.130. The maximum Gasteiger partial charge on any atom is 0.100 e. The molecule has 0 radical (unpaired) electrons. The van der Waals surface area contributed by atoms with Crippen molar-refractivity contribution in [1.82, 2.24) is 24.9 Å². The number of rotatable bonds is 6. The van der Waals surface area contributed by atoms with Crippen molar-refractivity contribution in [2.45, 2.75) is 45.3 Å². The molecule has 128 valence electrons. The highest BCUT2D eigenvalue weighted by atomic mass is 16.5. The average molecular weight is 327 g/mol. The molecule has 2 aliphatic rings. The van der Waals surface area contributed by atoms with Gasteiger partial charge >= 0.3 is 0 Å². The van der Waals surface area contributed by atoms with Crippen LogP contribution in [0.5, 0.6) is 0 Å². The van der Waals surface area contributed by atoms with Gasteiger partial charge in [0.05, 0.1) is 18.0 Å². The monoisotopic (exact) mass is 327 g/mol. The summed E-state index contributed by atoms with van der Waals surface area (Å²) in [4.78, 5) is 7.04. The van der Waals surface area contributed by atoms with Crippen molar-refractivity contribution in [2.75, 3.05) is 20.3 Å². The first kappa shape index (κ1) is 15.7. The predicted molar refractivity (Wildman–Crippen MR) is 90.5 cm³/mol. The molecule has 1 aliphatic carbocycles. The van der Waals surface area contributed by atoms with Crippen molar-refractivity contribution in [3.8, 4) is 0 Å². The molecule has 1 aliphatic heterocycles. The molecule has 1 fully saturated rings. The van der Waals surface area contributed by atoms with Gasteiger partial charge < -0.3 is 4.74 Å². The molecule has 0 amide bonds. The van der Waals surface area contributed by atoms with Crippen LogP contribution in [-0.4, -0.2) is 45.1 Å². The molecule has 0 spiro atoms. The third kappa shape index (κ3) is 3.35. The van der Waals surface area contributed by atoms with E-state index < -0.39 is 0 Å². The van der Waals surface area contributed by atoms with E-state index in [0.29, 0.717) is 12.5 Å². The summed E-state index contributed by atoms with van der Waals surface area (Å²) in [6.45, 7) is 6.42. The average Bonchev–Trinajstić information content (AvgIpc) is 3.27. The Balaban J connectivity index is 1.54. The van der Waals surface area contributed by atoms with Crippen LogP contribution in [0.15, 0.2) is 18.2 Å². The molecule has 1 atom stereocenters. The van der Waals surface area contributed by atoms with Gasteiger partial charge in [-0.1, -0.05) is 11.3 Å². The lowest BCUT2D eigenvalue weighted by atomic mass is 9.98. The standard InChI is InChI=1S/C18H25N5O/c1-13-4-3-5-16(19-13)10-22-9-15(12-24-2)18-17(11-22)20-21-23(18)8-14-6-7-14/h3-5,14-15H,6-12H2,1-2H3. The fraction of sp³-hybridized carbons (Fsp3) is 0.611. The molecule has 0 saturated heterocycles. The summed E-state index contributed by atoms with van der Waals surface area (Å²) in [5.41, 5.74) is 4.57. The molecule has 4 rings (SSSR count). The number of hydrogen-bond acceptors (Lipinski definition) is 5. The Morgan fingerprint density at radius 3 is 2.92 bits per heavy atom. The minimum absolute atomic E-state index is 0.331. The summed E-state index contributed by atoms with van der Waals surface area (Å²) in [7, 11) is 1.77. The Bertz CT molecular complexity index is 709. The second kappa shape index (κ2) is 6.61. The number of ether oxygens (including phenoxy) is 1. The zero-order chi connectivity index (χ0) is 16.5. The molecule has 0 bridgehead atoms. The van der Waals surface area contributed by atoms with Gasteiger partial charge in [0.25, 0.3) is 0 Å². The first-order chi connectivity index (χ1) is 11.7. The van der Waals surface area contributed by atoms with Crippen LogP contribution < -0.4 is 0 Å². The Hall–Kier alpha value is -1.79. The smallest absolute Gasteiger partial charge is 0.100 e. The van der Waals surface area contributed by atoms with Crippen LogP contribution in [0.4, 0.5) is 0 Å². The summed E-state index contributed by atoms with van der Waals surface area (Å²) in [5.74, 6) is 1.13. The van der Waals surface area contributed by atoms with E-state index in [1.54, 1.807) is 7.11 Å². The number of methoxy groups -OCH3 is 1. The second-order valence-electron chi connectivity index (χ2n) is 7.14. The minimum Gasteiger partial charge on any atom is -0.384 e. The third-order valence-corrected chi connectivity index (χ3v) is 4.91. The highest BCUT2D eigenvalue weighted by molar-refractivity contribution is 5.21. The van der Waals surface area contributed by atoms with E-state index in [4.69, 9.17) is 4.74 Å². The predicted octanol–water partition coefficient (Wildman–Crippen LogP) is 2.14. The highest BCUT2D eigenvalue weighted by Crippen LogP contribution is 2.34. The third-order valence-electron chi connectivity index (χ3n) is 4.91. The molecular formula is C18H25N5O. The topological polar surface area (TPSA) is 56.1 Å². The maximum absolute atomic E-state index is 5.49. The van der Waals surface area contributed by atoms with Gasteiger partial charge in [0.2, 0.25) is 0 Å². The number of fused-ring (bicyclic) bond motifs is 1. The molecule has 2 aromatic heterocycles. The van der Waals surface area contributed by atoms with Crippen LogP contribution in [0.1, 0.15) is 41.5 Å². The fourth-order valence-corrected chi connectivity index (χ4v) is 3.64. The Kier molecular flexibility index (Phi) is 4.33. The van der Waals surface area contributed by atoms with Gasteiger partial charge in [0.15, 0.2) is 0 Å². The summed E-state index contributed by atoms with van der Waals surface area (Å²) in [6, 6.07) is 6.21. The quantitative estimate of drug-likeness (QED) is 0.813. The second-order valence-corrected chi connectivity index (χ2v) is 7.14.